The number of alkyl carbamates (subject to hydrolysis) is 1. The summed E-state index contributed by atoms with van der Waals surface area (Å²) in [4.78, 5) is 36.9. The Labute approximate surface area is 198 Å². The zero-order chi connectivity index (χ0) is 24.3. The lowest BCUT2D eigenvalue weighted by Gasteiger charge is -2.37. The van der Waals surface area contributed by atoms with Crippen LogP contribution >= 0.6 is 0 Å². The van der Waals surface area contributed by atoms with Gasteiger partial charge in [-0.1, -0.05) is 48.5 Å². The van der Waals surface area contributed by atoms with Gasteiger partial charge in [-0.05, 0) is 48.9 Å². The van der Waals surface area contributed by atoms with Crippen molar-refractivity contribution in [1.82, 2.24) is 10.6 Å². The van der Waals surface area contributed by atoms with Crippen LogP contribution in [0.4, 0.5) is 4.79 Å². The van der Waals surface area contributed by atoms with Crippen LogP contribution in [0.3, 0.4) is 0 Å². The Hall–Kier alpha value is -3.39. The molecule has 2 amide bonds. The minimum atomic E-state index is -1.41. The topological polar surface area (TPSA) is 114 Å². The summed E-state index contributed by atoms with van der Waals surface area (Å²) in [6, 6.07) is 16.2. The second-order valence-electron chi connectivity index (χ2n) is 9.50. The maximum Gasteiger partial charge on any atom is 0.407 e. The molecule has 1 aliphatic heterocycles. The van der Waals surface area contributed by atoms with E-state index in [-0.39, 0.29) is 18.9 Å². The van der Waals surface area contributed by atoms with Crippen LogP contribution in [0.25, 0.3) is 11.1 Å². The zero-order valence-corrected chi connectivity index (χ0v) is 19.4. The van der Waals surface area contributed by atoms with E-state index in [1.807, 2.05) is 24.3 Å². The number of carboxylic acids is 1. The Morgan fingerprint density at radius 2 is 1.59 bits per heavy atom. The predicted octanol–water partition coefficient (Wildman–Crippen LogP) is 3.44. The molecule has 4 rings (SSSR count). The van der Waals surface area contributed by atoms with E-state index < -0.39 is 29.0 Å². The van der Waals surface area contributed by atoms with Crippen molar-refractivity contribution in [3.05, 3.63) is 59.7 Å². The molecular formula is C26H30N2O6. The summed E-state index contributed by atoms with van der Waals surface area (Å²) < 4.78 is 11.1. The molecule has 0 spiro atoms. The molecule has 34 heavy (non-hydrogen) atoms. The summed E-state index contributed by atoms with van der Waals surface area (Å²) in [5.74, 6) is -1.65. The van der Waals surface area contributed by atoms with Crippen LogP contribution in [0.2, 0.25) is 0 Å². The number of carbonyl (C=O) groups is 3. The molecule has 0 bridgehead atoms. The van der Waals surface area contributed by atoms with Crippen LogP contribution in [0, 0.1) is 0 Å². The van der Waals surface area contributed by atoms with Crippen molar-refractivity contribution in [3.63, 3.8) is 0 Å². The fourth-order valence-corrected chi connectivity index (χ4v) is 4.71. The van der Waals surface area contributed by atoms with Gasteiger partial charge >= 0.3 is 12.1 Å². The number of aliphatic carboxylic acids is 1. The Bertz CT molecular complexity index is 1040. The van der Waals surface area contributed by atoms with E-state index in [4.69, 9.17) is 9.47 Å². The second-order valence-corrected chi connectivity index (χ2v) is 9.50. The first-order valence-electron chi connectivity index (χ1n) is 11.5. The quantitative estimate of drug-likeness (QED) is 0.576. The molecular weight excluding hydrogens is 436 g/mol. The fraction of sp³-hybridized carbons (Fsp3) is 0.423. The van der Waals surface area contributed by atoms with Crippen LogP contribution in [-0.4, -0.2) is 54.0 Å². The van der Waals surface area contributed by atoms with Crippen molar-refractivity contribution in [2.45, 2.75) is 50.1 Å². The van der Waals surface area contributed by atoms with E-state index in [2.05, 4.69) is 34.9 Å². The first kappa shape index (κ1) is 23.8. The first-order valence-corrected chi connectivity index (χ1v) is 11.5. The average Bonchev–Trinajstić information content (AvgIpc) is 3.11. The number of amides is 2. The van der Waals surface area contributed by atoms with Crippen molar-refractivity contribution < 1.29 is 29.0 Å². The lowest BCUT2D eigenvalue weighted by molar-refractivity contribution is -0.146. The smallest absolute Gasteiger partial charge is 0.407 e. The number of hydrogen-bond donors (Lipinski definition) is 3. The van der Waals surface area contributed by atoms with Gasteiger partial charge in [0.2, 0.25) is 5.91 Å². The van der Waals surface area contributed by atoms with Crippen LogP contribution < -0.4 is 10.6 Å². The average molecular weight is 467 g/mol. The van der Waals surface area contributed by atoms with Gasteiger partial charge in [0.15, 0.2) is 0 Å². The normalized spacial score (nSPS) is 16.8. The third-order valence-electron chi connectivity index (χ3n) is 6.65. The molecule has 0 radical (unpaired) electrons. The Morgan fingerprint density at radius 1 is 1.03 bits per heavy atom. The molecule has 8 heteroatoms. The van der Waals surface area contributed by atoms with Gasteiger partial charge < -0.3 is 25.2 Å². The number of carboxylic acid groups (broad SMARTS) is 1. The molecule has 180 valence electrons. The van der Waals surface area contributed by atoms with E-state index in [0.717, 1.165) is 22.3 Å². The molecule has 1 saturated heterocycles. The highest BCUT2D eigenvalue weighted by molar-refractivity contribution is 5.87. The molecule has 3 N–H and O–H groups in total. The molecule has 0 saturated carbocycles. The summed E-state index contributed by atoms with van der Waals surface area (Å²) in [6.07, 6.45) is 0.196. The summed E-state index contributed by atoms with van der Waals surface area (Å²) in [7, 11) is 0. The Kier molecular flexibility index (Phi) is 6.61. The third-order valence-corrected chi connectivity index (χ3v) is 6.65. The number of nitrogens with one attached hydrogen (secondary N) is 2. The van der Waals surface area contributed by atoms with Crippen LogP contribution in [0.15, 0.2) is 48.5 Å². The molecule has 0 atom stereocenters. The van der Waals surface area contributed by atoms with E-state index in [1.165, 1.54) is 13.8 Å². The minimum Gasteiger partial charge on any atom is -0.480 e. The SMILES string of the molecule is CC(C)(NC(=O)CC1(NC(=O)OCC2c3ccccc3-c3ccccc32)CCOCC1)C(=O)O. The van der Waals surface area contributed by atoms with Crippen molar-refractivity contribution in [3.8, 4) is 11.1 Å². The van der Waals surface area contributed by atoms with E-state index in [9.17, 15) is 19.5 Å². The van der Waals surface area contributed by atoms with Gasteiger partial charge in [-0.3, -0.25) is 4.79 Å². The number of benzene rings is 2. The van der Waals surface area contributed by atoms with Crippen LogP contribution in [-0.2, 0) is 19.1 Å². The molecule has 2 aromatic rings. The van der Waals surface area contributed by atoms with E-state index in [1.54, 1.807) is 0 Å². The number of ether oxygens (including phenoxy) is 2. The molecule has 8 nitrogen and oxygen atoms in total. The van der Waals surface area contributed by atoms with Gasteiger partial charge in [-0.2, -0.15) is 0 Å². The van der Waals surface area contributed by atoms with E-state index >= 15 is 0 Å². The molecule has 1 heterocycles. The van der Waals surface area contributed by atoms with Gasteiger partial charge in [0.05, 0.1) is 12.0 Å². The highest BCUT2D eigenvalue weighted by Gasteiger charge is 2.39. The van der Waals surface area contributed by atoms with Crippen LogP contribution in [0.5, 0.6) is 0 Å². The molecule has 1 aliphatic carbocycles. The standard InChI is InChI=1S/C26H30N2O6/c1-25(2,23(30)31)27-22(29)15-26(11-13-33-14-12-26)28-24(32)34-16-21-19-9-5-3-7-17(19)18-8-4-6-10-20(18)21/h3-10,21H,11-16H2,1-2H3,(H,27,29)(H,28,32)(H,30,31). The molecule has 2 aromatic carbocycles. The third kappa shape index (κ3) is 4.92. The predicted molar refractivity (Wildman–Crippen MR) is 125 cm³/mol. The largest absolute Gasteiger partial charge is 0.480 e. The van der Waals surface area contributed by atoms with E-state index in [0.29, 0.717) is 26.1 Å². The molecule has 1 fully saturated rings. The lowest BCUT2D eigenvalue weighted by Crippen LogP contribution is -2.57. The minimum absolute atomic E-state index is 0.0583. The summed E-state index contributed by atoms with van der Waals surface area (Å²) in [5, 5.41) is 14.7. The van der Waals surface area contributed by atoms with Crippen molar-refractivity contribution >= 4 is 18.0 Å². The maximum atomic E-state index is 12.9. The van der Waals surface area contributed by atoms with Crippen molar-refractivity contribution in [2.24, 2.45) is 0 Å². The van der Waals surface area contributed by atoms with Gasteiger partial charge in [0.1, 0.15) is 12.1 Å². The summed E-state index contributed by atoms with van der Waals surface area (Å²) in [5.41, 5.74) is 2.25. The maximum absolute atomic E-state index is 12.9. The molecule has 0 aromatic heterocycles. The fourth-order valence-electron chi connectivity index (χ4n) is 4.71. The number of rotatable bonds is 7. The highest BCUT2D eigenvalue weighted by Crippen LogP contribution is 2.44. The van der Waals surface area contributed by atoms with Crippen LogP contribution in [0.1, 0.15) is 50.2 Å². The van der Waals surface area contributed by atoms with Gasteiger partial charge in [-0.25, -0.2) is 9.59 Å². The summed E-state index contributed by atoms with van der Waals surface area (Å²) >= 11 is 0. The lowest BCUT2D eigenvalue weighted by atomic mass is 9.86. The number of hydrogen-bond acceptors (Lipinski definition) is 5. The van der Waals surface area contributed by atoms with Gasteiger partial charge in [0.25, 0.3) is 0 Å². The zero-order valence-electron chi connectivity index (χ0n) is 19.4. The monoisotopic (exact) mass is 466 g/mol. The van der Waals surface area contributed by atoms with Crippen molar-refractivity contribution in [2.75, 3.05) is 19.8 Å². The summed E-state index contributed by atoms with van der Waals surface area (Å²) in [6.45, 7) is 3.79. The van der Waals surface area contributed by atoms with Gasteiger partial charge in [0, 0.05) is 19.1 Å². The molecule has 0 unspecified atom stereocenters. The van der Waals surface area contributed by atoms with Gasteiger partial charge in [-0.15, -0.1) is 0 Å². The van der Waals surface area contributed by atoms with Crippen molar-refractivity contribution in [1.29, 1.82) is 0 Å². The Balaban J connectivity index is 1.43. The Morgan fingerprint density at radius 3 is 2.15 bits per heavy atom. The number of carbonyl (C=O) groups excluding carboxylic acids is 2. The molecule has 2 aliphatic rings. The highest BCUT2D eigenvalue weighted by atomic mass is 16.5. The number of fused-ring (bicyclic) bond motifs is 3. The second kappa shape index (κ2) is 9.46. The first-order chi connectivity index (χ1) is 16.2.